The second kappa shape index (κ2) is 15.9. The van der Waals surface area contributed by atoms with Gasteiger partial charge in [-0.3, -0.25) is 0 Å². The fourth-order valence-electron chi connectivity index (χ4n) is 13.5. The maximum Gasteiger partial charge on any atom is 0.187 e. The number of hydrogen-bond donors (Lipinski definition) is 10. The van der Waals surface area contributed by atoms with Crippen molar-refractivity contribution in [1.29, 1.82) is 0 Å². The number of allylic oxidation sites excluding steroid dienone is 2. The first-order chi connectivity index (χ1) is 26.0. The molecular formula is C42H72O14. The van der Waals surface area contributed by atoms with Crippen LogP contribution in [0.15, 0.2) is 11.6 Å². The lowest BCUT2D eigenvalue weighted by Gasteiger charge is -2.72. The van der Waals surface area contributed by atoms with Crippen molar-refractivity contribution < 1.29 is 70.0 Å². The van der Waals surface area contributed by atoms with E-state index in [9.17, 15) is 51.1 Å². The molecule has 0 amide bonds. The molecule has 6 rings (SSSR count). The molecule has 0 aromatic carbocycles. The van der Waals surface area contributed by atoms with E-state index in [1.165, 1.54) is 0 Å². The van der Waals surface area contributed by atoms with Crippen molar-refractivity contribution in [3.8, 4) is 0 Å². The topological polar surface area (TPSA) is 239 Å². The van der Waals surface area contributed by atoms with Crippen LogP contribution in [-0.2, 0) is 18.9 Å². The Labute approximate surface area is 331 Å². The minimum absolute atomic E-state index is 0.000258. The number of hydrogen-bond acceptors (Lipinski definition) is 14. The van der Waals surface area contributed by atoms with Crippen molar-refractivity contribution in [3.63, 3.8) is 0 Å². The average Bonchev–Trinajstić information content (AvgIpc) is 3.52. The van der Waals surface area contributed by atoms with Crippen LogP contribution >= 0.6 is 0 Å². The lowest BCUT2D eigenvalue weighted by Crippen LogP contribution is -2.71. The van der Waals surface area contributed by atoms with Crippen LogP contribution in [0.25, 0.3) is 0 Å². The first kappa shape index (κ1) is 44.7. The largest absolute Gasteiger partial charge is 0.394 e. The molecule has 4 saturated carbocycles. The summed E-state index contributed by atoms with van der Waals surface area (Å²) in [7, 11) is 0. The summed E-state index contributed by atoms with van der Waals surface area (Å²) < 4.78 is 25.4. The third kappa shape index (κ3) is 7.06. The normalized spacial score (nSPS) is 52.6. The Balaban J connectivity index is 1.39. The number of aliphatic hydroxyl groups excluding tert-OH is 10. The molecule has 21 atom stereocenters. The van der Waals surface area contributed by atoms with E-state index >= 15 is 0 Å². The van der Waals surface area contributed by atoms with Gasteiger partial charge in [-0.25, -0.2) is 0 Å². The van der Waals surface area contributed by atoms with Crippen LogP contribution in [0.1, 0.15) is 107 Å². The van der Waals surface area contributed by atoms with Gasteiger partial charge >= 0.3 is 0 Å². The fraction of sp³-hybridized carbons (Fsp3) is 0.952. The summed E-state index contributed by atoms with van der Waals surface area (Å²) >= 11 is 0. The highest BCUT2D eigenvalue weighted by Crippen LogP contribution is 2.76. The summed E-state index contributed by atoms with van der Waals surface area (Å²) in [6.45, 7) is 15.7. The van der Waals surface area contributed by atoms with Gasteiger partial charge in [0.25, 0.3) is 0 Å². The summed E-state index contributed by atoms with van der Waals surface area (Å²) in [5.74, 6) is -0.781. The van der Waals surface area contributed by atoms with E-state index in [0.29, 0.717) is 44.9 Å². The van der Waals surface area contributed by atoms with Crippen LogP contribution in [0, 0.1) is 45.3 Å². The van der Waals surface area contributed by atoms with Gasteiger partial charge < -0.3 is 70.0 Å². The first-order valence-corrected chi connectivity index (χ1v) is 21.0. The van der Waals surface area contributed by atoms with Gasteiger partial charge in [-0.2, -0.15) is 0 Å². The predicted molar refractivity (Wildman–Crippen MR) is 202 cm³/mol. The van der Waals surface area contributed by atoms with E-state index in [4.69, 9.17) is 18.9 Å². The molecule has 2 aliphatic heterocycles. The van der Waals surface area contributed by atoms with Gasteiger partial charge in [0.2, 0.25) is 0 Å². The molecule has 0 aromatic heterocycles. The Kier molecular flexibility index (Phi) is 12.7. The van der Waals surface area contributed by atoms with Crippen molar-refractivity contribution >= 4 is 0 Å². The molecule has 0 aromatic rings. The van der Waals surface area contributed by atoms with Crippen molar-refractivity contribution in [2.75, 3.05) is 13.2 Å². The molecule has 2 saturated heterocycles. The maximum atomic E-state index is 12.6. The highest BCUT2D eigenvalue weighted by Gasteiger charge is 2.74. The third-order valence-corrected chi connectivity index (χ3v) is 16.6. The minimum Gasteiger partial charge on any atom is -0.394 e. The van der Waals surface area contributed by atoms with Gasteiger partial charge in [0.15, 0.2) is 12.6 Å². The van der Waals surface area contributed by atoms with E-state index in [2.05, 4.69) is 26.8 Å². The Morgan fingerprint density at radius 2 is 1.32 bits per heavy atom. The third-order valence-electron chi connectivity index (χ3n) is 16.6. The summed E-state index contributed by atoms with van der Waals surface area (Å²) in [6, 6.07) is 0. The van der Waals surface area contributed by atoms with Crippen LogP contribution in [0.5, 0.6) is 0 Å². The smallest absolute Gasteiger partial charge is 0.187 e. The zero-order valence-corrected chi connectivity index (χ0v) is 34.6. The van der Waals surface area contributed by atoms with Gasteiger partial charge in [0.1, 0.15) is 48.8 Å². The summed E-state index contributed by atoms with van der Waals surface area (Å²) in [4.78, 5) is 0. The van der Waals surface area contributed by atoms with E-state index in [1.54, 1.807) is 0 Å². The standard InChI is InChI=1S/C42H72O14/c1-20(2)10-9-13-42(8,56-37-34(52)32(50)30(48)25(19-44)55-37)21-11-15-40(6)28(21)22(45)16-26-39(5)14-12-27(46)38(3,4)35(39)23(17-41(26,40)7)53-36-33(51)31(49)29(47)24(18-43)54-36/h10,21-37,43-52H,9,11-19H2,1-8H3/t21?,22-,23+,24?,25?,26?,27+,28+,29?,30?,31?,32?,33?,34?,35+,36?,37?,39-,40-,41-,42-/m1/s1. The number of fused-ring (bicyclic) bond motifs is 5. The number of rotatable bonds is 10. The predicted octanol–water partition coefficient (Wildman–Crippen LogP) is 1.12. The Morgan fingerprint density at radius 3 is 1.89 bits per heavy atom. The van der Waals surface area contributed by atoms with Crippen molar-refractivity contribution in [2.45, 2.75) is 192 Å². The highest BCUT2D eigenvalue weighted by atomic mass is 16.7. The molecule has 14 nitrogen and oxygen atoms in total. The lowest BCUT2D eigenvalue weighted by molar-refractivity contribution is -0.349. The SMILES string of the molecule is CC(C)=CCC[C@@](C)(OC1OC(CO)C(O)C(O)C1O)C1CC[C@]2(C)[C@@H]1[C@H](O)CC1[C@@]3(C)CC[C@H](O)C(C)(C)[C@@H]3[C@@H](OC3OC(CO)C(O)C(O)C3O)C[C@]12C. The molecule has 324 valence electrons. The Hall–Kier alpha value is -0.820. The van der Waals surface area contributed by atoms with Crippen LogP contribution in [0.4, 0.5) is 0 Å². The van der Waals surface area contributed by atoms with Gasteiger partial charge in [-0.15, -0.1) is 0 Å². The Bertz CT molecular complexity index is 1400. The first-order valence-electron chi connectivity index (χ1n) is 21.0. The molecule has 0 radical (unpaired) electrons. The number of aliphatic hydroxyl groups is 10. The Morgan fingerprint density at radius 1 is 0.750 bits per heavy atom. The maximum absolute atomic E-state index is 12.6. The minimum atomic E-state index is -1.61. The highest BCUT2D eigenvalue weighted by molar-refractivity contribution is 5.22. The van der Waals surface area contributed by atoms with Crippen molar-refractivity contribution in [3.05, 3.63) is 11.6 Å². The molecule has 56 heavy (non-hydrogen) atoms. The van der Waals surface area contributed by atoms with Crippen molar-refractivity contribution in [2.24, 2.45) is 45.3 Å². The van der Waals surface area contributed by atoms with E-state index < -0.39 is 120 Å². The molecule has 0 bridgehead atoms. The van der Waals surface area contributed by atoms with Crippen LogP contribution < -0.4 is 0 Å². The zero-order valence-electron chi connectivity index (χ0n) is 34.6. The molecular weight excluding hydrogens is 728 g/mol. The quantitative estimate of drug-likeness (QED) is 0.110. The van der Waals surface area contributed by atoms with Crippen LogP contribution in [0.2, 0.25) is 0 Å². The summed E-state index contributed by atoms with van der Waals surface area (Å²) in [5, 5.41) is 109. The molecule has 6 fully saturated rings. The monoisotopic (exact) mass is 800 g/mol. The van der Waals surface area contributed by atoms with Crippen molar-refractivity contribution in [1.82, 2.24) is 0 Å². The summed E-state index contributed by atoms with van der Waals surface area (Å²) in [6.07, 6.45) is -9.52. The second-order valence-electron chi connectivity index (χ2n) is 20.2. The average molecular weight is 801 g/mol. The molecule has 10 N–H and O–H groups in total. The molecule has 0 spiro atoms. The van der Waals surface area contributed by atoms with Crippen LogP contribution in [0.3, 0.4) is 0 Å². The van der Waals surface area contributed by atoms with Gasteiger partial charge in [0.05, 0.1) is 37.1 Å². The molecule has 14 heteroatoms. The molecule has 2 heterocycles. The zero-order chi connectivity index (χ0) is 41.5. The second-order valence-corrected chi connectivity index (χ2v) is 20.2. The molecule has 12 unspecified atom stereocenters. The van der Waals surface area contributed by atoms with E-state index in [-0.39, 0.29) is 23.7 Å². The van der Waals surface area contributed by atoms with Gasteiger partial charge in [0, 0.05) is 0 Å². The summed E-state index contributed by atoms with van der Waals surface area (Å²) in [5.41, 5.74) is -1.92. The van der Waals surface area contributed by atoms with E-state index in [1.807, 2.05) is 34.6 Å². The van der Waals surface area contributed by atoms with Gasteiger partial charge in [-0.05, 0) is 117 Å². The van der Waals surface area contributed by atoms with E-state index in [0.717, 1.165) is 12.0 Å². The molecule has 6 aliphatic rings. The fourth-order valence-corrected chi connectivity index (χ4v) is 13.5. The number of ether oxygens (including phenoxy) is 4. The lowest BCUT2D eigenvalue weighted by atomic mass is 9.34. The van der Waals surface area contributed by atoms with Crippen LogP contribution in [-0.4, -0.2) is 150 Å². The molecule has 4 aliphatic carbocycles. The van der Waals surface area contributed by atoms with Gasteiger partial charge in [-0.1, -0.05) is 46.3 Å².